The SMILES string of the molecule is O=C(NC1(C(F)(F)F)NC(=O)N(Cc2ccccc2)C1=O)c1ccccc1F. The van der Waals surface area contributed by atoms with E-state index in [1.807, 2.05) is 0 Å². The van der Waals surface area contributed by atoms with Crippen LogP contribution in [0.25, 0.3) is 0 Å². The fourth-order valence-corrected chi connectivity index (χ4v) is 2.72. The monoisotopic (exact) mass is 395 g/mol. The Morgan fingerprint density at radius 3 is 2.25 bits per heavy atom. The van der Waals surface area contributed by atoms with Gasteiger partial charge in [-0.3, -0.25) is 19.8 Å². The minimum absolute atomic E-state index is 0.338. The molecule has 0 spiro atoms. The number of amides is 4. The molecule has 1 fully saturated rings. The summed E-state index contributed by atoms with van der Waals surface area (Å²) in [6.45, 7) is -0.432. The van der Waals surface area contributed by atoms with Crippen LogP contribution in [0.1, 0.15) is 15.9 Å². The molecule has 0 aromatic heterocycles. The Hall–Kier alpha value is -3.43. The molecule has 2 N–H and O–H groups in total. The summed E-state index contributed by atoms with van der Waals surface area (Å²) >= 11 is 0. The van der Waals surface area contributed by atoms with Crippen molar-refractivity contribution in [1.29, 1.82) is 0 Å². The number of urea groups is 1. The van der Waals surface area contributed by atoms with Crippen LogP contribution in [0, 0.1) is 5.82 Å². The average Bonchev–Trinajstić information content (AvgIpc) is 2.88. The van der Waals surface area contributed by atoms with Gasteiger partial charge in [-0.25, -0.2) is 9.18 Å². The van der Waals surface area contributed by atoms with Crippen molar-refractivity contribution < 1.29 is 31.9 Å². The number of rotatable bonds is 4. The van der Waals surface area contributed by atoms with Crippen LogP contribution in [-0.2, 0) is 11.3 Å². The molecule has 28 heavy (non-hydrogen) atoms. The van der Waals surface area contributed by atoms with Gasteiger partial charge in [0.15, 0.2) is 0 Å². The Morgan fingerprint density at radius 1 is 1.04 bits per heavy atom. The van der Waals surface area contributed by atoms with E-state index in [2.05, 4.69) is 0 Å². The van der Waals surface area contributed by atoms with Gasteiger partial charge < -0.3 is 5.32 Å². The summed E-state index contributed by atoms with van der Waals surface area (Å²) in [5.41, 5.74) is -3.99. The maximum atomic E-state index is 13.8. The van der Waals surface area contributed by atoms with Crippen molar-refractivity contribution in [2.75, 3.05) is 0 Å². The third-order valence-corrected chi connectivity index (χ3v) is 4.13. The summed E-state index contributed by atoms with van der Waals surface area (Å²) in [7, 11) is 0. The third kappa shape index (κ3) is 3.28. The van der Waals surface area contributed by atoms with Gasteiger partial charge in [0.25, 0.3) is 17.5 Å². The first-order valence-corrected chi connectivity index (χ1v) is 7.97. The van der Waals surface area contributed by atoms with E-state index in [0.29, 0.717) is 10.5 Å². The molecule has 1 unspecified atom stereocenters. The average molecular weight is 395 g/mol. The van der Waals surface area contributed by atoms with Crippen molar-refractivity contribution >= 4 is 17.8 Å². The zero-order valence-corrected chi connectivity index (χ0v) is 14.1. The molecule has 2 aromatic rings. The maximum absolute atomic E-state index is 13.8. The Labute approximate surface area is 156 Å². The van der Waals surface area contributed by atoms with Crippen LogP contribution in [0.3, 0.4) is 0 Å². The number of nitrogens with zero attached hydrogens (tertiary/aromatic N) is 1. The van der Waals surface area contributed by atoms with E-state index in [-0.39, 0.29) is 0 Å². The summed E-state index contributed by atoms with van der Waals surface area (Å²) < 4.78 is 55.0. The fraction of sp³-hybridized carbons (Fsp3) is 0.167. The zero-order chi connectivity index (χ0) is 20.5. The van der Waals surface area contributed by atoms with Crippen LogP contribution in [-0.4, -0.2) is 34.6 Å². The van der Waals surface area contributed by atoms with Gasteiger partial charge in [-0.15, -0.1) is 0 Å². The number of carbonyl (C=O) groups excluding carboxylic acids is 3. The van der Waals surface area contributed by atoms with Gasteiger partial charge in [0.05, 0.1) is 12.1 Å². The van der Waals surface area contributed by atoms with Crippen molar-refractivity contribution in [3.05, 3.63) is 71.5 Å². The smallest absolute Gasteiger partial charge is 0.314 e. The van der Waals surface area contributed by atoms with Gasteiger partial charge >= 0.3 is 12.2 Å². The zero-order valence-electron chi connectivity index (χ0n) is 14.1. The summed E-state index contributed by atoms with van der Waals surface area (Å²) in [5, 5.41) is 2.96. The lowest BCUT2D eigenvalue weighted by Gasteiger charge is -2.29. The highest BCUT2D eigenvalue weighted by molar-refractivity contribution is 6.10. The first-order valence-electron chi connectivity index (χ1n) is 7.97. The third-order valence-electron chi connectivity index (χ3n) is 4.13. The largest absolute Gasteiger partial charge is 0.440 e. The van der Waals surface area contributed by atoms with Gasteiger partial charge in [-0.2, -0.15) is 13.2 Å². The molecule has 1 heterocycles. The number of benzene rings is 2. The minimum Gasteiger partial charge on any atom is -0.314 e. The molecule has 4 amide bonds. The van der Waals surface area contributed by atoms with Crippen molar-refractivity contribution in [3.8, 4) is 0 Å². The molecule has 1 saturated heterocycles. The van der Waals surface area contributed by atoms with E-state index in [4.69, 9.17) is 0 Å². The van der Waals surface area contributed by atoms with Gasteiger partial charge in [0.2, 0.25) is 0 Å². The number of hydrogen-bond acceptors (Lipinski definition) is 3. The predicted octanol–water partition coefficient (Wildman–Crippen LogP) is 2.57. The number of imide groups is 1. The lowest BCUT2D eigenvalue weighted by Crippen LogP contribution is -2.69. The van der Waals surface area contributed by atoms with Gasteiger partial charge in [-0.1, -0.05) is 42.5 Å². The molecule has 10 heteroatoms. The number of carbonyl (C=O) groups is 3. The van der Waals surface area contributed by atoms with Crippen molar-refractivity contribution in [3.63, 3.8) is 0 Å². The number of hydrogen-bond donors (Lipinski definition) is 2. The topological polar surface area (TPSA) is 78.5 Å². The Kier molecular flexibility index (Phi) is 4.80. The van der Waals surface area contributed by atoms with Gasteiger partial charge in [0.1, 0.15) is 5.82 Å². The number of nitrogens with one attached hydrogen (secondary N) is 2. The molecule has 3 rings (SSSR count). The van der Waals surface area contributed by atoms with E-state index in [1.165, 1.54) is 34.9 Å². The van der Waals surface area contributed by atoms with Crippen LogP contribution >= 0.6 is 0 Å². The molecule has 0 radical (unpaired) electrons. The first-order chi connectivity index (χ1) is 13.2. The van der Waals surface area contributed by atoms with Gasteiger partial charge in [-0.05, 0) is 17.7 Å². The highest BCUT2D eigenvalue weighted by Gasteiger charge is 2.68. The molecule has 2 aromatic carbocycles. The summed E-state index contributed by atoms with van der Waals surface area (Å²) in [5.74, 6) is -4.28. The molecule has 0 bridgehead atoms. The normalized spacial score (nSPS) is 19.5. The highest BCUT2D eigenvalue weighted by atomic mass is 19.4. The van der Waals surface area contributed by atoms with E-state index in [1.54, 1.807) is 18.2 Å². The second-order valence-electron chi connectivity index (χ2n) is 5.99. The van der Waals surface area contributed by atoms with Crippen LogP contribution < -0.4 is 10.6 Å². The molecule has 146 valence electrons. The quantitative estimate of drug-likeness (QED) is 0.617. The van der Waals surface area contributed by atoms with E-state index < -0.39 is 47.6 Å². The fourth-order valence-electron chi connectivity index (χ4n) is 2.72. The Morgan fingerprint density at radius 2 is 1.64 bits per heavy atom. The lowest BCUT2D eigenvalue weighted by molar-refractivity contribution is -0.200. The molecular weight excluding hydrogens is 382 g/mol. The molecular formula is C18H13F4N3O3. The molecule has 1 atom stereocenters. The van der Waals surface area contributed by atoms with Crippen LogP contribution in [0.2, 0.25) is 0 Å². The molecule has 0 aliphatic carbocycles. The second kappa shape index (κ2) is 6.95. The van der Waals surface area contributed by atoms with Crippen molar-refractivity contribution in [2.24, 2.45) is 0 Å². The van der Waals surface area contributed by atoms with E-state index >= 15 is 0 Å². The lowest BCUT2D eigenvalue weighted by atomic mass is 10.1. The standard InChI is InChI=1S/C18H13F4N3O3/c19-13-9-5-4-8-12(13)14(26)23-17(18(20,21)22)15(27)25(16(28)24-17)10-11-6-2-1-3-7-11/h1-9H,10H2,(H,23,26)(H,24,28). The molecule has 6 nitrogen and oxygen atoms in total. The molecule has 1 aliphatic rings. The number of alkyl halides is 3. The molecule has 0 saturated carbocycles. The predicted molar refractivity (Wildman–Crippen MR) is 88.2 cm³/mol. The van der Waals surface area contributed by atoms with Crippen LogP contribution in [0.4, 0.5) is 22.4 Å². The van der Waals surface area contributed by atoms with Crippen molar-refractivity contribution in [2.45, 2.75) is 18.4 Å². The van der Waals surface area contributed by atoms with Crippen LogP contribution in [0.15, 0.2) is 54.6 Å². The van der Waals surface area contributed by atoms with Gasteiger partial charge in [0, 0.05) is 0 Å². The summed E-state index contributed by atoms with van der Waals surface area (Å²) in [6, 6.07) is 10.9. The maximum Gasteiger partial charge on any atom is 0.440 e. The second-order valence-corrected chi connectivity index (χ2v) is 5.99. The Bertz CT molecular complexity index is 933. The Balaban J connectivity index is 1.94. The van der Waals surface area contributed by atoms with Crippen molar-refractivity contribution in [1.82, 2.24) is 15.5 Å². The summed E-state index contributed by atoms with van der Waals surface area (Å²) in [6.07, 6.45) is -5.37. The summed E-state index contributed by atoms with van der Waals surface area (Å²) in [4.78, 5) is 37.2. The number of halogens is 4. The minimum atomic E-state index is -5.37. The van der Waals surface area contributed by atoms with E-state index in [9.17, 15) is 31.9 Å². The highest BCUT2D eigenvalue weighted by Crippen LogP contribution is 2.34. The van der Waals surface area contributed by atoms with E-state index in [0.717, 1.165) is 12.1 Å². The molecule has 1 aliphatic heterocycles. The van der Waals surface area contributed by atoms with Crippen LogP contribution in [0.5, 0.6) is 0 Å². The first kappa shape index (κ1) is 19.3.